The van der Waals surface area contributed by atoms with E-state index in [9.17, 15) is 4.79 Å². The van der Waals surface area contributed by atoms with Gasteiger partial charge in [-0.1, -0.05) is 30.3 Å². The van der Waals surface area contributed by atoms with Gasteiger partial charge in [-0.05, 0) is 32.3 Å². The van der Waals surface area contributed by atoms with E-state index in [2.05, 4.69) is 0 Å². The second kappa shape index (κ2) is 4.88. The van der Waals surface area contributed by atoms with Gasteiger partial charge in [0.2, 0.25) is 0 Å². The number of hydrogen-bond acceptors (Lipinski definition) is 3. The summed E-state index contributed by atoms with van der Waals surface area (Å²) in [5.41, 5.74) is -0.0125. The maximum Gasteiger partial charge on any atom is 0.343 e. The third kappa shape index (κ3) is 2.20. The average Bonchev–Trinajstić information content (AvgIpc) is 2.34. The van der Waals surface area contributed by atoms with Crippen LogP contribution in [0, 0.1) is 0 Å². The summed E-state index contributed by atoms with van der Waals surface area (Å²) in [5, 5.41) is 0. The van der Waals surface area contributed by atoms with Crippen molar-refractivity contribution >= 4 is 5.97 Å². The molecule has 2 atom stereocenters. The first-order valence-electron chi connectivity index (χ1n) is 6.09. The second-order valence-electron chi connectivity index (χ2n) is 4.38. The molecule has 1 saturated heterocycles. The van der Waals surface area contributed by atoms with E-state index in [1.54, 1.807) is 0 Å². The van der Waals surface area contributed by atoms with E-state index in [4.69, 9.17) is 9.47 Å². The standard InChI is InChI=1S/C14H18O3/c1-3-16-14(12-7-5-4-6-8-12)10-9-11(2)17-13(14)15/h4-8,11H,3,9-10H2,1-2H3. The number of carbonyl (C=O) groups is 1. The van der Waals surface area contributed by atoms with Gasteiger partial charge in [0.05, 0.1) is 6.10 Å². The van der Waals surface area contributed by atoms with Crippen LogP contribution in [0.2, 0.25) is 0 Å². The van der Waals surface area contributed by atoms with Gasteiger partial charge in [-0.2, -0.15) is 0 Å². The summed E-state index contributed by atoms with van der Waals surface area (Å²) in [6, 6.07) is 9.61. The van der Waals surface area contributed by atoms with Gasteiger partial charge >= 0.3 is 5.97 Å². The Morgan fingerprint density at radius 3 is 2.71 bits per heavy atom. The van der Waals surface area contributed by atoms with Gasteiger partial charge in [-0.3, -0.25) is 0 Å². The summed E-state index contributed by atoms with van der Waals surface area (Å²) in [4.78, 5) is 12.2. The maximum atomic E-state index is 12.2. The molecule has 0 amide bonds. The molecular weight excluding hydrogens is 216 g/mol. The predicted molar refractivity (Wildman–Crippen MR) is 64.5 cm³/mol. The molecular formula is C14H18O3. The molecule has 1 aromatic carbocycles. The van der Waals surface area contributed by atoms with Crippen LogP contribution in [-0.2, 0) is 19.9 Å². The summed E-state index contributed by atoms with van der Waals surface area (Å²) in [6.07, 6.45) is 1.51. The highest BCUT2D eigenvalue weighted by Crippen LogP contribution is 2.37. The zero-order valence-electron chi connectivity index (χ0n) is 10.3. The normalized spacial score (nSPS) is 28.8. The maximum absolute atomic E-state index is 12.2. The molecule has 1 aliphatic heterocycles. The lowest BCUT2D eigenvalue weighted by Gasteiger charge is -2.37. The fourth-order valence-electron chi connectivity index (χ4n) is 2.28. The first kappa shape index (κ1) is 12.1. The van der Waals surface area contributed by atoms with Crippen molar-refractivity contribution in [2.24, 2.45) is 0 Å². The molecule has 3 nitrogen and oxygen atoms in total. The predicted octanol–water partition coefficient (Wildman–Crippen LogP) is 2.64. The van der Waals surface area contributed by atoms with Gasteiger partial charge in [0, 0.05) is 6.61 Å². The van der Waals surface area contributed by atoms with Crippen LogP contribution in [0.3, 0.4) is 0 Å². The highest BCUT2D eigenvalue weighted by atomic mass is 16.6. The fourth-order valence-corrected chi connectivity index (χ4v) is 2.28. The van der Waals surface area contributed by atoms with Crippen LogP contribution in [0.1, 0.15) is 32.3 Å². The molecule has 1 aliphatic rings. The molecule has 92 valence electrons. The van der Waals surface area contributed by atoms with E-state index < -0.39 is 5.60 Å². The van der Waals surface area contributed by atoms with Crippen LogP contribution in [0.5, 0.6) is 0 Å². The van der Waals surface area contributed by atoms with E-state index in [1.165, 1.54) is 0 Å². The highest BCUT2D eigenvalue weighted by Gasteiger charge is 2.46. The minimum absolute atomic E-state index is 0.0141. The van der Waals surface area contributed by atoms with Crippen LogP contribution >= 0.6 is 0 Å². The zero-order valence-corrected chi connectivity index (χ0v) is 10.3. The van der Waals surface area contributed by atoms with E-state index in [0.717, 1.165) is 12.0 Å². The Hall–Kier alpha value is -1.35. The van der Waals surface area contributed by atoms with Crippen molar-refractivity contribution in [3.63, 3.8) is 0 Å². The Morgan fingerprint density at radius 2 is 2.12 bits per heavy atom. The summed E-state index contributed by atoms with van der Waals surface area (Å²) in [7, 11) is 0. The molecule has 2 unspecified atom stereocenters. The lowest BCUT2D eigenvalue weighted by Crippen LogP contribution is -2.46. The largest absolute Gasteiger partial charge is 0.460 e. The zero-order chi connectivity index (χ0) is 12.3. The van der Waals surface area contributed by atoms with Crippen LogP contribution in [0.15, 0.2) is 30.3 Å². The van der Waals surface area contributed by atoms with Gasteiger partial charge in [0.1, 0.15) is 0 Å². The second-order valence-corrected chi connectivity index (χ2v) is 4.38. The minimum atomic E-state index is -0.900. The first-order chi connectivity index (χ1) is 8.19. The molecule has 0 bridgehead atoms. The molecule has 0 aliphatic carbocycles. The van der Waals surface area contributed by atoms with Crippen LogP contribution in [0.4, 0.5) is 0 Å². The van der Waals surface area contributed by atoms with Crippen LogP contribution in [-0.4, -0.2) is 18.7 Å². The van der Waals surface area contributed by atoms with Crippen molar-refractivity contribution in [3.8, 4) is 0 Å². The quantitative estimate of drug-likeness (QED) is 0.754. The lowest BCUT2D eigenvalue weighted by atomic mass is 9.86. The number of hydrogen-bond donors (Lipinski definition) is 0. The number of rotatable bonds is 3. The van der Waals surface area contributed by atoms with Crippen molar-refractivity contribution in [1.82, 2.24) is 0 Å². The summed E-state index contributed by atoms with van der Waals surface area (Å²) >= 11 is 0. The molecule has 17 heavy (non-hydrogen) atoms. The van der Waals surface area contributed by atoms with Crippen molar-refractivity contribution in [2.75, 3.05) is 6.61 Å². The molecule has 0 radical (unpaired) electrons. The molecule has 1 aromatic rings. The Balaban J connectivity index is 2.36. The van der Waals surface area contributed by atoms with Gasteiger partial charge in [-0.15, -0.1) is 0 Å². The van der Waals surface area contributed by atoms with Crippen molar-refractivity contribution < 1.29 is 14.3 Å². The number of carbonyl (C=O) groups excluding carboxylic acids is 1. The topological polar surface area (TPSA) is 35.5 Å². The Morgan fingerprint density at radius 1 is 1.41 bits per heavy atom. The molecule has 0 N–H and O–H groups in total. The van der Waals surface area contributed by atoms with Crippen molar-refractivity contribution in [2.45, 2.75) is 38.4 Å². The Labute approximate surface area is 102 Å². The monoisotopic (exact) mass is 234 g/mol. The Bertz CT molecular complexity index is 388. The van der Waals surface area contributed by atoms with Crippen LogP contribution < -0.4 is 0 Å². The van der Waals surface area contributed by atoms with Gasteiger partial charge in [-0.25, -0.2) is 4.79 Å². The molecule has 1 fully saturated rings. The van der Waals surface area contributed by atoms with Gasteiger partial charge < -0.3 is 9.47 Å². The minimum Gasteiger partial charge on any atom is -0.460 e. The fraction of sp³-hybridized carbons (Fsp3) is 0.500. The SMILES string of the molecule is CCOC1(c2ccccc2)CCC(C)OC1=O. The molecule has 0 aromatic heterocycles. The molecule has 0 saturated carbocycles. The van der Waals surface area contributed by atoms with E-state index in [1.807, 2.05) is 44.2 Å². The van der Waals surface area contributed by atoms with E-state index in [-0.39, 0.29) is 12.1 Å². The average molecular weight is 234 g/mol. The molecule has 1 heterocycles. The number of ether oxygens (including phenoxy) is 2. The first-order valence-corrected chi connectivity index (χ1v) is 6.09. The van der Waals surface area contributed by atoms with E-state index in [0.29, 0.717) is 13.0 Å². The summed E-state index contributed by atoms with van der Waals surface area (Å²) < 4.78 is 11.1. The van der Waals surface area contributed by atoms with Crippen molar-refractivity contribution in [1.29, 1.82) is 0 Å². The molecule has 3 heteroatoms. The molecule has 0 spiro atoms. The smallest absolute Gasteiger partial charge is 0.343 e. The summed E-state index contributed by atoms with van der Waals surface area (Å²) in [5.74, 6) is -0.260. The van der Waals surface area contributed by atoms with Gasteiger partial charge in [0.15, 0.2) is 5.60 Å². The third-order valence-corrected chi connectivity index (χ3v) is 3.17. The molecule has 2 rings (SSSR count). The third-order valence-electron chi connectivity index (χ3n) is 3.17. The lowest BCUT2D eigenvalue weighted by molar-refractivity contribution is -0.191. The van der Waals surface area contributed by atoms with Crippen LogP contribution in [0.25, 0.3) is 0 Å². The Kier molecular flexibility index (Phi) is 3.48. The highest BCUT2D eigenvalue weighted by molar-refractivity contribution is 5.82. The van der Waals surface area contributed by atoms with Crippen molar-refractivity contribution in [3.05, 3.63) is 35.9 Å². The number of esters is 1. The van der Waals surface area contributed by atoms with E-state index >= 15 is 0 Å². The summed E-state index contributed by atoms with van der Waals surface area (Å²) in [6.45, 7) is 4.31. The van der Waals surface area contributed by atoms with Gasteiger partial charge in [0.25, 0.3) is 0 Å². The number of cyclic esters (lactones) is 1. The number of benzene rings is 1.